The van der Waals surface area contributed by atoms with Gasteiger partial charge in [-0.1, -0.05) is 18.9 Å². The molecule has 1 aromatic rings. The summed E-state index contributed by atoms with van der Waals surface area (Å²) in [6.45, 7) is 5.51. The Labute approximate surface area is 116 Å². The molecule has 1 aromatic heterocycles. The first-order valence-electron chi connectivity index (χ1n) is 6.67. The summed E-state index contributed by atoms with van der Waals surface area (Å²) >= 11 is 0. The maximum Gasteiger partial charge on any atom is 0.323 e. The fourth-order valence-corrected chi connectivity index (χ4v) is 2.05. The number of morpholine rings is 1. The predicted octanol–water partition coefficient (Wildman–Crippen LogP) is 0.208. The summed E-state index contributed by atoms with van der Waals surface area (Å²) in [5, 5.41) is 9.94. The van der Waals surface area contributed by atoms with E-state index in [2.05, 4.69) is 15.5 Å². The van der Waals surface area contributed by atoms with E-state index < -0.39 is 6.04 Å². The summed E-state index contributed by atoms with van der Waals surface area (Å²) in [6, 6.07) is -0.499. The van der Waals surface area contributed by atoms with Gasteiger partial charge >= 0.3 is 12.0 Å². The molecule has 1 fully saturated rings. The second kappa shape index (κ2) is 6.47. The third-order valence-electron chi connectivity index (χ3n) is 3.14. The van der Waals surface area contributed by atoms with Crippen LogP contribution in [0.5, 0.6) is 0 Å². The topological polar surface area (TPSA) is 97.6 Å². The normalized spacial score (nSPS) is 19.7. The Kier molecular flexibility index (Phi) is 4.67. The van der Waals surface area contributed by atoms with E-state index in [0.717, 1.165) is 0 Å². The molecule has 8 heteroatoms. The van der Waals surface area contributed by atoms with E-state index in [4.69, 9.17) is 9.15 Å². The van der Waals surface area contributed by atoms with Crippen molar-refractivity contribution in [3.63, 3.8) is 0 Å². The standard InChI is InChI=1S/C12H18N4O4/c1-3-10-14-15-12(20-10)13-9(17)7-8-11(18)19-6-5-16(8)4-2/h8H,3-7H2,1-2H3,(H,13,15,17). The maximum atomic E-state index is 11.9. The van der Waals surface area contributed by atoms with Gasteiger partial charge in [0, 0.05) is 13.0 Å². The second-order valence-corrected chi connectivity index (χ2v) is 4.42. The number of hydrogen-bond donors (Lipinski definition) is 1. The zero-order valence-electron chi connectivity index (χ0n) is 11.6. The monoisotopic (exact) mass is 282 g/mol. The Morgan fingerprint density at radius 1 is 1.45 bits per heavy atom. The minimum atomic E-state index is -0.553. The van der Waals surface area contributed by atoms with E-state index in [9.17, 15) is 9.59 Å². The number of hydrogen-bond acceptors (Lipinski definition) is 7. The number of carbonyl (C=O) groups excluding carboxylic acids is 2. The van der Waals surface area contributed by atoms with Crippen LogP contribution >= 0.6 is 0 Å². The summed E-state index contributed by atoms with van der Waals surface area (Å²) < 4.78 is 10.2. The summed E-state index contributed by atoms with van der Waals surface area (Å²) in [5.41, 5.74) is 0. The zero-order chi connectivity index (χ0) is 14.5. The largest absolute Gasteiger partial charge is 0.463 e. The van der Waals surface area contributed by atoms with E-state index in [0.29, 0.717) is 32.0 Å². The lowest BCUT2D eigenvalue weighted by molar-refractivity contribution is -0.158. The van der Waals surface area contributed by atoms with Crippen LogP contribution in [0.4, 0.5) is 6.01 Å². The number of cyclic esters (lactones) is 1. The van der Waals surface area contributed by atoms with Crippen LogP contribution in [-0.4, -0.2) is 52.7 Å². The molecule has 1 unspecified atom stereocenters. The molecule has 0 aromatic carbocycles. The van der Waals surface area contributed by atoms with E-state index in [1.807, 2.05) is 18.7 Å². The van der Waals surface area contributed by atoms with Gasteiger partial charge in [-0.2, -0.15) is 0 Å². The van der Waals surface area contributed by atoms with Crippen LogP contribution in [-0.2, 0) is 20.7 Å². The average Bonchev–Trinajstić information content (AvgIpc) is 2.88. The van der Waals surface area contributed by atoms with Crippen molar-refractivity contribution in [1.82, 2.24) is 15.1 Å². The molecule has 0 radical (unpaired) electrons. The lowest BCUT2D eigenvalue weighted by atomic mass is 10.1. The van der Waals surface area contributed by atoms with Gasteiger partial charge in [0.2, 0.25) is 11.8 Å². The van der Waals surface area contributed by atoms with Crippen LogP contribution in [0.2, 0.25) is 0 Å². The summed E-state index contributed by atoms with van der Waals surface area (Å²) in [4.78, 5) is 25.5. The minimum Gasteiger partial charge on any atom is -0.463 e. The van der Waals surface area contributed by atoms with Crippen molar-refractivity contribution in [1.29, 1.82) is 0 Å². The Hall–Kier alpha value is -1.96. The van der Waals surface area contributed by atoms with Gasteiger partial charge in [-0.25, -0.2) is 0 Å². The molecule has 0 spiro atoms. The van der Waals surface area contributed by atoms with Crippen LogP contribution in [0, 0.1) is 0 Å². The number of rotatable bonds is 5. The van der Waals surface area contributed by atoms with Crippen molar-refractivity contribution in [2.45, 2.75) is 32.7 Å². The zero-order valence-corrected chi connectivity index (χ0v) is 11.6. The molecule has 2 heterocycles. The van der Waals surface area contributed by atoms with Crippen LogP contribution in [0.1, 0.15) is 26.2 Å². The Morgan fingerprint density at radius 3 is 2.90 bits per heavy atom. The Morgan fingerprint density at radius 2 is 2.25 bits per heavy atom. The summed E-state index contributed by atoms with van der Waals surface area (Å²) in [7, 11) is 0. The number of ether oxygens (including phenoxy) is 1. The highest BCUT2D eigenvalue weighted by atomic mass is 16.5. The van der Waals surface area contributed by atoms with Crippen molar-refractivity contribution in [2.75, 3.05) is 25.0 Å². The van der Waals surface area contributed by atoms with Gasteiger partial charge in [-0.15, -0.1) is 5.10 Å². The molecule has 1 amide bonds. The molecule has 1 aliphatic rings. The van der Waals surface area contributed by atoms with Crippen LogP contribution in [0.15, 0.2) is 4.42 Å². The number of amides is 1. The molecule has 110 valence electrons. The fraction of sp³-hybridized carbons (Fsp3) is 0.667. The number of anilines is 1. The van der Waals surface area contributed by atoms with E-state index >= 15 is 0 Å². The molecular weight excluding hydrogens is 264 g/mol. The number of likely N-dealkylation sites (N-methyl/N-ethyl adjacent to an activating group) is 1. The molecule has 8 nitrogen and oxygen atoms in total. The highest BCUT2D eigenvalue weighted by molar-refractivity contribution is 5.92. The lowest BCUT2D eigenvalue weighted by Crippen LogP contribution is -2.50. The van der Waals surface area contributed by atoms with Gasteiger partial charge in [0.15, 0.2) is 0 Å². The van der Waals surface area contributed by atoms with Crippen LogP contribution in [0.3, 0.4) is 0 Å². The number of esters is 1. The molecule has 20 heavy (non-hydrogen) atoms. The van der Waals surface area contributed by atoms with Gasteiger partial charge < -0.3 is 9.15 Å². The first-order chi connectivity index (χ1) is 9.63. The molecule has 0 aliphatic carbocycles. The van der Waals surface area contributed by atoms with Crippen molar-refractivity contribution >= 4 is 17.9 Å². The first-order valence-corrected chi connectivity index (χ1v) is 6.67. The molecule has 1 aliphatic heterocycles. The molecule has 0 bridgehead atoms. The third-order valence-corrected chi connectivity index (χ3v) is 3.14. The maximum absolute atomic E-state index is 11.9. The summed E-state index contributed by atoms with van der Waals surface area (Å²) in [5.74, 6) is -0.265. The van der Waals surface area contributed by atoms with Crippen molar-refractivity contribution in [3.05, 3.63) is 5.89 Å². The van der Waals surface area contributed by atoms with Gasteiger partial charge in [0.25, 0.3) is 0 Å². The fourth-order valence-electron chi connectivity index (χ4n) is 2.05. The highest BCUT2D eigenvalue weighted by Gasteiger charge is 2.32. The van der Waals surface area contributed by atoms with E-state index in [1.54, 1.807) is 0 Å². The van der Waals surface area contributed by atoms with E-state index in [-0.39, 0.29) is 24.3 Å². The van der Waals surface area contributed by atoms with Gasteiger partial charge in [0.1, 0.15) is 12.6 Å². The smallest absolute Gasteiger partial charge is 0.323 e. The SMILES string of the molecule is CCc1nnc(NC(=O)CC2C(=O)OCCN2CC)o1. The van der Waals surface area contributed by atoms with Gasteiger partial charge in [-0.05, 0) is 6.54 Å². The van der Waals surface area contributed by atoms with Gasteiger partial charge in [-0.3, -0.25) is 19.8 Å². The van der Waals surface area contributed by atoms with E-state index in [1.165, 1.54) is 0 Å². The van der Waals surface area contributed by atoms with Crippen LogP contribution < -0.4 is 5.32 Å². The molecule has 2 rings (SSSR count). The Balaban J connectivity index is 1.93. The molecule has 1 N–H and O–H groups in total. The molecule has 1 saturated heterocycles. The first kappa shape index (κ1) is 14.4. The summed E-state index contributed by atoms with van der Waals surface area (Å²) in [6.07, 6.45) is 0.609. The van der Waals surface area contributed by atoms with Crippen molar-refractivity contribution in [3.8, 4) is 0 Å². The molecule has 0 saturated carbocycles. The number of aromatic nitrogens is 2. The van der Waals surface area contributed by atoms with Gasteiger partial charge in [0.05, 0.1) is 6.42 Å². The van der Waals surface area contributed by atoms with Crippen LogP contribution in [0.25, 0.3) is 0 Å². The number of nitrogens with zero attached hydrogens (tertiary/aromatic N) is 3. The average molecular weight is 282 g/mol. The highest BCUT2D eigenvalue weighted by Crippen LogP contribution is 2.13. The molecular formula is C12H18N4O4. The number of nitrogens with one attached hydrogen (secondary N) is 1. The minimum absolute atomic E-state index is 0.0104. The van der Waals surface area contributed by atoms with Crippen molar-refractivity contribution < 1.29 is 18.7 Å². The number of aryl methyl sites for hydroxylation is 1. The Bertz CT molecular complexity index is 488. The van der Waals surface area contributed by atoms with Crippen molar-refractivity contribution in [2.24, 2.45) is 0 Å². The quantitative estimate of drug-likeness (QED) is 0.771. The second-order valence-electron chi connectivity index (χ2n) is 4.42. The third kappa shape index (κ3) is 3.32. The lowest BCUT2D eigenvalue weighted by Gasteiger charge is -2.32. The molecule has 1 atom stereocenters. The number of carbonyl (C=O) groups is 2. The predicted molar refractivity (Wildman–Crippen MR) is 68.9 cm³/mol.